The van der Waals surface area contributed by atoms with Crippen LogP contribution < -0.4 is 10.1 Å². The SMILES string of the molecule is COC(=O)Cc1ccc(OCC(=O)Nc2c(C)cccc2C(C)C)cc1. The number of esters is 1. The summed E-state index contributed by atoms with van der Waals surface area (Å²) >= 11 is 0. The normalized spacial score (nSPS) is 10.5. The van der Waals surface area contributed by atoms with Crippen molar-refractivity contribution in [2.24, 2.45) is 0 Å². The van der Waals surface area contributed by atoms with E-state index in [-0.39, 0.29) is 24.9 Å². The van der Waals surface area contributed by atoms with Gasteiger partial charge in [0.25, 0.3) is 5.91 Å². The van der Waals surface area contributed by atoms with Gasteiger partial charge in [-0.15, -0.1) is 0 Å². The van der Waals surface area contributed by atoms with Gasteiger partial charge in [0.2, 0.25) is 0 Å². The van der Waals surface area contributed by atoms with Crippen molar-refractivity contribution in [2.45, 2.75) is 33.1 Å². The second-order valence-corrected chi connectivity index (χ2v) is 6.43. The number of carbonyl (C=O) groups is 2. The average molecular weight is 355 g/mol. The summed E-state index contributed by atoms with van der Waals surface area (Å²) in [6, 6.07) is 13.0. The minimum absolute atomic E-state index is 0.0811. The van der Waals surface area contributed by atoms with Crippen LogP contribution in [-0.4, -0.2) is 25.6 Å². The highest BCUT2D eigenvalue weighted by molar-refractivity contribution is 5.93. The van der Waals surface area contributed by atoms with Crippen molar-refractivity contribution in [3.8, 4) is 5.75 Å². The summed E-state index contributed by atoms with van der Waals surface area (Å²) in [7, 11) is 1.36. The number of methoxy groups -OCH3 is 1. The second-order valence-electron chi connectivity index (χ2n) is 6.43. The maximum Gasteiger partial charge on any atom is 0.309 e. The highest BCUT2D eigenvalue weighted by Crippen LogP contribution is 2.27. The fourth-order valence-electron chi connectivity index (χ4n) is 2.61. The molecule has 0 aliphatic heterocycles. The van der Waals surface area contributed by atoms with E-state index in [4.69, 9.17) is 4.74 Å². The second kappa shape index (κ2) is 9.04. The van der Waals surface area contributed by atoms with Crippen molar-refractivity contribution in [3.05, 3.63) is 59.2 Å². The molecule has 0 fully saturated rings. The Labute approximate surface area is 154 Å². The molecule has 1 amide bonds. The van der Waals surface area contributed by atoms with Crippen LogP contribution in [-0.2, 0) is 20.7 Å². The number of ether oxygens (including phenoxy) is 2. The molecule has 2 aromatic rings. The zero-order valence-corrected chi connectivity index (χ0v) is 15.7. The Hall–Kier alpha value is -2.82. The number of carbonyl (C=O) groups excluding carboxylic acids is 2. The molecular weight excluding hydrogens is 330 g/mol. The van der Waals surface area contributed by atoms with Crippen molar-refractivity contribution in [1.29, 1.82) is 0 Å². The third kappa shape index (κ3) is 5.34. The van der Waals surface area contributed by atoms with E-state index in [1.165, 1.54) is 7.11 Å². The lowest BCUT2D eigenvalue weighted by Crippen LogP contribution is -2.21. The lowest BCUT2D eigenvalue weighted by Gasteiger charge is -2.16. The Morgan fingerprint density at radius 2 is 1.77 bits per heavy atom. The summed E-state index contributed by atoms with van der Waals surface area (Å²) in [5.41, 5.74) is 3.81. The minimum atomic E-state index is -0.294. The number of nitrogens with one attached hydrogen (secondary N) is 1. The molecule has 0 unspecified atom stereocenters. The standard InChI is InChI=1S/C21H25NO4/c1-14(2)18-7-5-6-15(3)21(18)22-19(23)13-26-17-10-8-16(9-11-17)12-20(24)25-4/h5-11,14H,12-13H2,1-4H3,(H,22,23). The number of para-hydroxylation sites is 1. The van der Waals surface area contributed by atoms with Gasteiger partial charge in [0.05, 0.1) is 13.5 Å². The average Bonchev–Trinajstić information content (AvgIpc) is 2.62. The molecule has 0 radical (unpaired) electrons. The smallest absolute Gasteiger partial charge is 0.309 e. The summed E-state index contributed by atoms with van der Waals surface area (Å²) in [5, 5.41) is 2.95. The van der Waals surface area contributed by atoms with Gasteiger partial charge in [0, 0.05) is 5.69 Å². The van der Waals surface area contributed by atoms with Crippen molar-refractivity contribution in [3.63, 3.8) is 0 Å². The third-order valence-corrected chi connectivity index (χ3v) is 4.06. The first-order valence-electron chi connectivity index (χ1n) is 8.58. The first-order valence-corrected chi connectivity index (χ1v) is 8.58. The number of hydrogen-bond acceptors (Lipinski definition) is 4. The van der Waals surface area contributed by atoms with Gasteiger partial charge in [0.1, 0.15) is 5.75 Å². The van der Waals surface area contributed by atoms with Gasteiger partial charge in [-0.25, -0.2) is 0 Å². The highest BCUT2D eigenvalue weighted by atomic mass is 16.5. The van der Waals surface area contributed by atoms with Gasteiger partial charge in [-0.05, 0) is 41.7 Å². The Bertz CT molecular complexity index is 766. The summed E-state index contributed by atoms with van der Waals surface area (Å²) in [4.78, 5) is 23.5. The van der Waals surface area contributed by atoms with Gasteiger partial charge in [-0.1, -0.05) is 44.2 Å². The number of amides is 1. The van der Waals surface area contributed by atoms with Crippen LogP contribution in [0.2, 0.25) is 0 Å². The van der Waals surface area contributed by atoms with E-state index in [0.29, 0.717) is 11.7 Å². The van der Waals surface area contributed by atoms with Gasteiger partial charge in [-0.2, -0.15) is 0 Å². The number of hydrogen-bond donors (Lipinski definition) is 1. The molecular formula is C21H25NO4. The predicted octanol–water partition coefficient (Wildman–Crippen LogP) is 3.85. The molecule has 0 atom stereocenters. The summed E-state index contributed by atoms with van der Waals surface area (Å²) in [6.07, 6.45) is 0.211. The Morgan fingerprint density at radius 1 is 1.08 bits per heavy atom. The van der Waals surface area contributed by atoms with E-state index in [9.17, 15) is 9.59 Å². The number of aryl methyl sites for hydroxylation is 1. The number of benzene rings is 2. The van der Waals surface area contributed by atoms with Crippen molar-refractivity contribution < 1.29 is 19.1 Å². The van der Waals surface area contributed by atoms with Crippen LogP contribution in [0.3, 0.4) is 0 Å². The molecule has 138 valence electrons. The van der Waals surface area contributed by atoms with Gasteiger partial charge >= 0.3 is 5.97 Å². The molecule has 0 saturated carbocycles. The van der Waals surface area contributed by atoms with Crippen LogP contribution in [0, 0.1) is 6.92 Å². The molecule has 5 heteroatoms. The third-order valence-electron chi connectivity index (χ3n) is 4.06. The van der Waals surface area contributed by atoms with E-state index in [0.717, 1.165) is 22.4 Å². The molecule has 0 aromatic heterocycles. The number of rotatable bonds is 7. The molecule has 0 aliphatic carbocycles. The van der Waals surface area contributed by atoms with Crippen LogP contribution in [0.1, 0.15) is 36.5 Å². The van der Waals surface area contributed by atoms with E-state index < -0.39 is 0 Å². The van der Waals surface area contributed by atoms with Crippen LogP contribution >= 0.6 is 0 Å². The van der Waals surface area contributed by atoms with Gasteiger partial charge in [-0.3, -0.25) is 9.59 Å². The monoisotopic (exact) mass is 355 g/mol. The maximum absolute atomic E-state index is 12.3. The Morgan fingerprint density at radius 3 is 2.38 bits per heavy atom. The largest absolute Gasteiger partial charge is 0.484 e. The lowest BCUT2D eigenvalue weighted by molar-refractivity contribution is -0.139. The molecule has 5 nitrogen and oxygen atoms in total. The predicted molar refractivity (Wildman–Crippen MR) is 102 cm³/mol. The van der Waals surface area contributed by atoms with E-state index in [2.05, 4.69) is 23.9 Å². The highest BCUT2D eigenvalue weighted by Gasteiger charge is 2.12. The molecule has 0 saturated heterocycles. The molecule has 2 rings (SSSR count). The van der Waals surface area contributed by atoms with Crippen molar-refractivity contribution >= 4 is 17.6 Å². The fourth-order valence-corrected chi connectivity index (χ4v) is 2.61. The van der Waals surface area contributed by atoms with E-state index >= 15 is 0 Å². The first kappa shape index (κ1) is 19.5. The van der Waals surface area contributed by atoms with Crippen LogP contribution in [0.15, 0.2) is 42.5 Å². The van der Waals surface area contributed by atoms with E-state index in [1.807, 2.05) is 25.1 Å². The zero-order chi connectivity index (χ0) is 19.1. The zero-order valence-electron chi connectivity index (χ0n) is 15.7. The van der Waals surface area contributed by atoms with Crippen molar-refractivity contribution in [1.82, 2.24) is 0 Å². The Balaban J connectivity index is 1.94. The Kier molecular flexibility index (Phi) is 6.78. The van der Waals surface area contributed by atoms with Crippen LogP contribution in [0.5, 0.6) is 5.75 Å². The fraction of sp³-hybridized carbons (Fsp3) is 0.333. The van der Waals surface area contributed by atoms with Gasteiger partial charge in [0.15, 0.2) is 6.61 Å². The van der Waals surface area contributed by atoms with Crippen LogP contribution in [0.4, 0.5) is 5.69 Å². The summed E-state index contributed by atoms with van der Waals surface area (Å²) in [5.74, 6) is 0.383. The molecule has 2 aromatic carbocycles. The molecule has 0 spiro atoms. The van der Waals surface area contributed by atoms with E-state index in [1.54, 1.807) is 24.3 Å². The molecule has 0 aliphatic rings. The number of anilines is 1. The van der Waals surface area contributed by atoms with Crippen molar-refractivity contribution in [2.75, 3.05) is 19.0 Å². The summed E-state index contributed by atoms with van der Waals surface area (Å²) in [6.45, 7) is 6.08. The van der Waals surface area contributed by atoms with Crippen LogP contribution in [0.25, 0.3) is 0 Å². The molecule has 1 N–H and O–H groups in total. The minimum Gasteiger partial charge on any atom is -0.484 e. The van der Waals surface area contributed by atoms with Gasteiger partial charge < -0.3 is 14.8 Å². The lowest BCUT2D eigenvalue weighted by atomic mass is 9.98. The first-order chi connectivity index (χ1) is 12.4. The maximum atomic E-state index is 12.3. The molecule has 26 heavy (non-hydrogen) atoms. The quantitative estimate of drug-likeness (QED) is 0.766. The topological polar surface area (TPSA) is 64.6 Å². The molecule has 0 bridgehead atoms. The molecule has 0 heterocycles. The summed E-state index contributed by atoms with van der Waals surface area (Å²) < 4.78 is 10.2.